The molecule has 0 unspecified atom stereocenters. The highest BCUT2D eigenvalue weighted by Gasteiger charge is 2.41. The van der Waals surface area contributed by atoms with Crippen molar-refractivity contribution in [2.24, 2.45) is 29.6 Å². The quantitative estimate of drug-likeness (QED) is 0.464. The van der Waals surface area contributed by atoms with Gasteiger partial charge in [0.2, 0.25) is 0 Å². The van der Waals surface area contributed by atoms with Gasteiger partial charge in [-0.25, -0.2) is 0 Å². The Morgan fingerprint density at radius 1 is 1.23 bits per heavy atom. The molecule has 0 aromatic rings. The normalized spacial score (nSPS) is 31.3. The molecule has 170 valence electrons. The smallest absolute Gasteiger partial charge is 0.308 e. The summed E-state index contributed by atoms with van der Waals surface area (Å²) in [6.45, 7) is 8.16. The van der Waals surface area contributed by atoms with Crippen LogP contribution in [-0.2, 0) is 14.3 Å². The minimum absolute atomic E-state index is 0.0556. The molecule has 2 rings (SSSR count). The molecule has 0 spiro atoms. The molecule has 0 amide bonds. The summed E-state index contributed by atoms with van der Waals surface area (Å²) in [7, 11) is 0. The minimum atomic E-state index is -1.07. The average molecular weight is 423 g/mol. The Bertz CT molecular complexity index is 654. The molecule has 0 aliphatic heterocycles. The molecule has 2 aliphatic carbocycles. The zero-order valence-electron chi connectivity index (χ0n) is 18.7. The van der Waals surface area contributed by atoms with Gasteiger partial charge in [0, 0.05) is 5.92 Å². The van der Waals surface area contributed by atoms with Crippen molar-refractivity contribution in [2.75, 3.05) is 0 Å². The van der Waals surface area contributed by atoms with Crippen molar-refractivity contribution >= 4 is 11.9 Å². The number of esters is 1. The van der Waals surface area contributed by atoms with Gasteiger partial charge in [-0.05, 0) is 55.4 Å². The van der Waals surface area contributed by atoms with Crippen molar-refractivity contribution in [3.8, 4) is 0 Å². The van der Waals surface area contributed by atoms with E-state index in [-0.39, 0.29) is 48.6 Å². The number of carboxylic acid groups (broad SMARTS) is 1. The van der Waals surface area contributed by atoms with Crippen molar-refractivity contribution in [3.63, 3.8) is 0 Å². The highest BCUT2D eigenvalue weighted by molar-refractivity contribution is 5.72. The van der Waals surface area contributed by atoms with E-state index >= 15 is 0 Å². The van der Waals surface area contributed by atoms with Gasteiger partial charge < -0.3 is 20.1 Å². The van der Waals surface area contributed by atoms with Crippen LogP contribution >= 0.6 is 0 Å². The summed E-state index contributed by atoms with van der Waals surface area (Å²) in [5.41, 5.74) is 1.21. The summed E-state index contributed by atoms with van der Waals surface area (Å²) in [6, 6.07) is 0. The predicted octanol–water partition coefficient (Wildman–Crippen LogP) is 3.72. The lowest BCUT2D eigenvalue weighted by molar-refractivity contribution is -0.158. The average Bonchev–Trinajstić information content (AvgIpc) is 2.65. The van der Waals surface area contributed by atoms with Crippen molar-refractivity contribution < 1.29 is 29.6 Å². The molecule has 8 atom stereocenters. The van der Waals surface area contributed by atoms with Crippen LogP contribution in [-0.4, -0.2) is 45.6 Å². The summed E-state index contributed by atoms with van der Waals surface area (Å²) >= 11 is 0. The Labute approximate surface area is 180 Å². The maximum atomic E-state index is 12.5. The first-order valence-corrected chi connectivity index (χ1v) is 11.3. The lowest BCUT2D eigenvalue weighted by Crippen LogP contribution is -2.41. The lowest BCUT2D eigenvalue weighted by Gasteiger charge is -2.43. The molecule has 0 radical (unpaired) electrons. The fourth-order valence-electron chi connectivity index (χ4n) is 4.76. The third-order valence-corrected chi connectivity index (χ3v) is 6.67. The number of hydrogen-bond acceptors (Lipinski definition) is 5. The molecule has 30 heavy (non-hydrogen) atoms. The van der Waals surface area contributed by atoms with Crippen LogP contribution in [0, 0.1) is 29.6 Å². The van der Waals surface area contributed by atoms with Gasteiger partial charge in [0.05, 0.1) is 24.5 Å². The van der Waals surface area contributed by atoms with Gasteiger partial charge in [-0.2, -0.15) is 0 Å². The number of fused-ring (bicyclic) bond motifs is 1. The van der Waals surface area contributed by atoms with Gasteiger partial charge in [0.25, 0.3) is 0 Å². The maximum absolute atomic E-state index is 12.5. The lowest BCUT2D eigenvalue weighted by atomic mass is 9.65. The molecule has 3 N–H and O–H groups in total. The molecule has 6 nitrogen and oxygen atoms in total. The van der Waals surface area contributed by atoms with E-state index in [4.69, 9.17) is 9.84 Å². The molecule has 0 heterocycles. The topological polar surface area (TPSA) is 104 Å². The Morgan fingerprint density at radius 3 is 2.57 bits per heavy atom. The Kier molecular flexibility index (Phi) is 9.10. The number of carboxylic acids is 1. The fraction of sp³-hybridized carbons (Fsp3) is 0.750. The zero-order valence-corrected chi connectivity index (χ0v) is 18.7. The molecule has 0 aromatic carbocycles. The largest absolute Gasteiger partial charge is 0.481 e. The van der Waals surface area contributed by atoms with Gasteiger partial charge in [0.1, 0.15) is 6.10 Å². The second-order valence-electron chi connectivity index (χ2n) is 9.29. The van der Waals surface area contributed by atoms with E-state index in [1.165, 1.54) is 5.57 Å². The molecular formula is C24H38O6. The number of carbonyl (C=O) groups is 2. The van der Waals surface area contributed by atoms with Crippen molar-refractivity contribution in [2.45, 2.75) is 84.5 Å². The summed E-state index contributed by atoms with van der Waals surface area (Å²) in [5.74, 6) is -0.406. The van der Waals surface area contributed by atoms with Crippen LogP contribution < -0.4 is 0 Å². The Hall–Kier alpha value is -1.66. The van der Waals surface area contributed by atoms with Crippen LogP contribution in [0.3, 0.4) is 0 Å². The highest BCUT2D eigenvalue weighted by Crippen LogP contribution is 2.45. The second kappa shape index (κ2) is 11.1. The molecular weight excluding hydrogens is 384 g/mol. The molecule has 0 fully saturated rings. The van der Waals surface area contributed by atoms with Crippen molar-refractivity contribution in [3.05, 3.63) is 23.8 Å². The van der Waals surface area contributed by atoms with E-state index in [1.807, 2.05) is 13.8 Å². The van der Waals surface area contributed by atoms with Crippen molar-refractivity contribution in [1.29, 1.82) is 0 Å². The number of carbonyl (C=O) groups excluding carboxylic acids is 1. The SMILES string of the molecule is CC[C@H](C)C(=O)O[C@@H]1C[C@@H](C)C=C2C=C[C@H](C)[C@H](CC[C@@H](O)C[C@H](O)CC(=O)O)[C@@H]21. The summed E-state index contributed by atoms with van der Waals surface area (Å²) < 4.78 is 6.00. The first-order valence-electron chi connectivity index (χ1n) is 11.3. The number of hydrogen-bond donors (Lipinski definition) is 3. The fourth-order valence-corrected chi connectivity index (χ4v) is 4.76. The van der Waals surface area contributed by atoms with E-state index in [1.54, 1.807) is 0 Å². The van der Waals surface area contributed by atoms with Gasteiger partial charge in [-0.1, -0.05) is 45.9 Å². The van der Waals surface area contributed by atoms with Crippen LogP contribution in [0.25, 0.3) is 0 Å². The molecule has 0 bridgehead atoms. The van der Waals surface area contributed by atoms with Gasteiger partial charge >= 0.3 is 11.9 Å². The van der Waals surface area contributed by atoms with E-state index in [9.17, 15) is 19.8 Å². The number of allylic oxidation sites excluding steroid dienone is 3. The third-order valence-electron chi connectivity index (χ3n) is 6.67. The zero-order chi connectivity index (χ0) is 22.4. The van der Waals surface area contributed by atoms with E-state index in [0.717, 1.165) is 19.3 Å². The molecule has 6 heteroatoms. The Balaban J connectivity index is 2.09. The minimum Gasteiger partial charge on any atom is -0.481 e. The molecule has 0 aromatic heterocycles. The number of aliphatic hydroxyl groups excluding tert-OH is 2. The first-order chi connectivity index (χ1) is 14.1. The van der Waals surface area contributed by atoms with E-state index < -0.39 is 18.2 Å². The number of aliphatic hydroxyl groups is 2. The van der Waals surface area contributed by atoms with Crippen LogP contribution in [0.4, 0.5) is 0 Å². The standard InChI is InChI=1S/C24H38O6/c1-5-15(3)24(29)30-21-11-14(2)10-17-7-6-16(4)20(23(17)21)9-8-18(25)12-19(26)13-22(27)28/h6-7,10,14-16,18-21,23,25-26H,5,8-9,11-13H2,1-4H3,(H,27,28)/t14-,15-,16-,18+,19-,20-,21+,23+/m0/s1. The highest BCUT2D eigenvalue weighted by atomic mass is 16.5. The van der Waals surface area contributed by atoms with Crippen LogP contribution in [0.1, 0.15) is 66.2 Å². The van der Waals surface area contributed by atoms with Gasteiger partial charge in [-0.3, -0.25) is 9.59 Å². The Morgan fingerprint density at radius 2 is 1.93 bits per heavy atom. The maximum Gasteiger partial charge on any atom is 0.308 e. The van der Waals surface area contributed by atoms with Crippen LogP contribution in [0.2, 0.25) is 0 Å². The first kappa shape index (κ1) is 24.6. The van der Waals surface area contributed by atoms with Crippen molar-refractivity contribution in [1.82, 2.24) is 0 Å². The molecule has 2 aliphatic rings. The number of ether oxygens (including phenoxy) is 1. The summed E-state index contributed by atoms with van der Waals surface area (Å²) in [4.78, 5) is 23.2. The van der Waals surface area contributed by atoms with Crippen LogP contribution in [0.5, 0.6) is 0 Å². The monoisotopic (exact) mass is 422 g/mol. The van der Waals surface area contributed by atoms with Gasteiger partial charge in [-0.15, -0.1) is 0 Å². The van der Waals surface area contributed by atoms with Gasteiger partial charge in [0.15, 0.2) is 0 Å². The van der Waals surface area contributed by atoms with Crippen LogP contribution in [0.15, 0.2) is 23.8 Å². The molecule has 0 saturated heterocycles. The second-order valence-corrected chi connectivity index (χ2v) is 9.29. The summed E-state index contributed by atoms with van der Waals surface area (Å²) in [6.07, 6.45) is 7.07. The van der Waals surface area contributed by atoms with E-state index in [2.05, 4.69) is 32.1 Å². The number of rotatable bonds is 10. The predicted molar refractivity (Wildman–Crippen MR) is 115 cm³/mol. The summed E-state index contributed by atoms with van der Waals surface area (Å²) in [5, 5.41) is 28.9. The van der Waals surface area contributed by atoms with E-state index in [0.29, 0.717) is 12.3 Å². The molecule has 0 saturated carbocycles. The number of aliphatic carboxylic acids is 1. The third kappa shape index (κ3) is 6.67.